The normalized spacial score (nSPS) is 10.9. The largest absolute Gasteiger partial charge is 0.494 e. The van der Waals surface area contributed by atoms with E-state index in [1.807, 2.05) is 92.7 Å². The maximum atomic E-state index is 12.5. The summed E-state index contributed by atoms with van der Waals surface area (Å²) in [5.41, 5.74) is 3.90. The zero-order valence-electron chi connectivity index (χ0n) is 20.4. The van der Waals surface area contributed by atoms with Gasteiger partial charge in [0.15, 0.2) is 11.7 Å². The van der Waals surface area contributed by atoms with E-state index in [2.05, 4.69) is 20.8 Å². The van der Waals surface area contributed by atoms with Crippen LogP contribution in [-0.4, -0.2) is 39.2 Å². The van der Waals surface area contributed by atoms with E-state index in [1.54, 1.807) is 4.80 Å². The van der Waals surface area contributed by atoms with Crippen LogP contribution in [-0.2, 0) is 4.79 Å². The third-order valence-corrected chi connectivity index (χ3v) is 5.92. The van der Waals surface area contributed by atoms with Crippen molar-refractivity contribution in [1.82, 2.24) is 20.3 Å². The lowest BCUT2D eigenvalue weighted by Crippen LogP contribution is -2.37. The van der Waals surface area contributed by atoms with E-state index in [0.29, 0.717) is 17.9 Å². The number of aromatic nitrogens is 3. The molecule has 2 N–H and O–H groups in total. The van der Waals surface area contributed by atoms with Gasteiger partial charge in [-0.1, -0.05) is 36.4 Å². The number of nitrogens with one attached hydrogen (secondary N) is 2. The van der Waals surface area contributed by atoms with Gasteiger partial charge in [0, 0.05) is 11.1 Å². The van der Waals surface area contributed by atoms with E-state index in [1.165, 1.54) is 0 Å². The number of thiocarbonyl (C=S) groups is 1. The molecule has 0 aliphatic carbocycles. The number of carbonyl (C=O) groups excluding carboxylic acids is 1. The number of rotatable bonds is 7. The maximum absolute atomic E-state index is 12.5. The zero-order chi connectivity index (χ0) is 25.8. The summed E-state index contributed by atoms with van der Waals surface area (Å²) in [6.07, 6.45) is 0. The van der Waals surface area contributed by atoms with E-state index < -0.39 is 0 Å². The van der Waals surface area contributed by atoms with Gasteiger partial charge >= 0.3 is 0 Å². The molecule has 0 atom stereocenters. The highest BCUT2D eigenvalue weighted by Gasteiger charge is 2.12. The summed E-state index contributed by atoms with van der Waals surface area (Å²) < 4.78 is 11.2. The van der Waals surface area contributed by atoms with Crippen molar-refractivity contribution in [1.29, 1.82) is 0 Å². The van der Waals surface area contributed by atoms with Crippen molar-refractivity contribution in [3.05, 3.63) is 84.4 Å². The van der Waals surface area contributed by atoms with Crippen LogP contribution in [0.1, 0.15) is 12.5 Å². The molecule has 1 aromatic heterocycles. The standard InChI is InChI=1S/C28H25N5O3S/c1-3-35-21-13-11-20(12-14-21)33-31-24-15-18(2)23(16-25(24)32-33)29-28(37)30-27(34)17-36-26-10-6-8-19-7-4-5-9-22(19)26/h4-16H,3,17H2,1-2H3,(H2,29,30,34,37). The molecule has 8 nitrogen and oxygen atoms in total. The Morgan fingerprint density at radius 2 is 1.68 bits per heavy atom. The minimum atomic E-state index is -0.356. The lowest BCUT2D eigenvalue weighted by Gasteiger charge is -2.13. The van der Waals surface area contributed by atoms with Gasteiger partial charge < -0.3 is 14.8 Å². The molecule has 1 heterocycles. The van der Waals surface area contributed by atoms with Gasteiger partial charge in [0.1, 0.15) is 22.5 Å². The quantitative estimate of drug-likeness (QED) is 0.291. The number of amides is 1. The van der Waals surface area contributed by atoms with Crippen molar-refractivity contribution in [2.75, 3.05) is 18.5 Å². The highest BCUT2D eigenvalue weighted by atomic mass is 32.1. The summed E-state index contributed by atoms with van der Waals surface area (Å²) in [5.74, 6) is 1.08. The average molecular weight is 512 g/mol. The van der Waals surface area contributed by atoms with Gasteiger partial charge in [-0.25, -0.2) is 0 Å². The molecule has 0 radical (unpaired) electrons. The summed E-state index contributed by atoms with van der Waals surface area (Å²) in [5, 5.41) is 17.1. The Morgan fingerprint density at radius 1 is 0.946 bits per heavy atom. The molecular weight excluding hydrogens is 486 g/mol. The molecule has 186 valence electrons. The van der Waals surface area contributed by atoms with E-state index in [4.69, 9.17) is 21.7 Å². The molecule has 5 aromatic rings. The second-order valence-electron chi connectivity index (χ2n) is 8.34. The van der Waals surface area contributed by atoms with Crippen LogP contribution in [0.3, 0.4) is 0 Å². The molecule has 5 rings (SSSR count). The first-order valence-corrected chi connectivity index (χ1v) is 12.2. The van der Waals surface area contributed by atoms with E-state index in [0.717, 1.165) is 39.0 Å². The first-order chi connectivity index (χ1) is 18.0. The summed E-state index contributed by atoms with van der Waals surface area (Å²) in [6, 6.07) is 24.9. The minimum Gasteiger partial charge on any atom is -0.494 e. The second kappa shape index (κ2) is 10.6. The van der Waals surface area contributed by atoms with Gasteiger partial charge in [-0.2, -0.15) is 4.80 Å². The zero-order valence-corrected chi connectivity index (χ0v) is 21.2. The molecule has 0 saturated carbocycles. The Kier molecular flexibility index (Phi) is 6.96. The molecule has 1 amide bonds. The Labute approximate surface area is 219 Å². The first kappa shape index (κ1) is 24.2. The smallest absolute Gasteiger partial charge is 0.264 e. The Balaban J connectivity index is 1.23. The van der Waals surface area contributed by atoms with Crippen LogP contribution < -0.4 is 20.1 Å². The van der Waals surface area contributed by atoms with Gasteiger partial charge in [0.05, 0.1) is 12.3 Å². The Hall–Kier alpha value is -4.50. The summed E-state index contributed by atoms with van der Waals surface area (Å²) in [6.45, 7) is 4.33. The molecule has 0 unspecified atom stereocenters. The summed E-state index contributed by atoms with van der Waals surface area (Å²) in [7, 11) is 0. The fourth-order valence-electron chi connectivity index (χ4n) is 3.94. The van der Waals surface area contributed by atoms with Crippen molar-refractivity contribution >= 4 is 50.7 Å². The molecular formula is C28H25N5O3S. The number of fused-ring (bicyclic) bond motifs is 2. The highest BCUT2D eigenvalue weighted by Crippen LogP contribution is 2.25. The SMILES string of the molecule is CCOc1ccc(-n2nc3cc(C)c(NC(=S)NC(=O)COc4cccc5ccccc45)cc3n2)cc1. The van der Waals surface area contributed by atoms with E-state index in [-0.39, 0.29) is 17.6 Å². The highest BCUT2D eigenvalue weighted by molar-refractivity contribution is 7.80. The van der Waals surface area contributed by atoms with Crippen molar-refractivity contribution < 1.29 is 14.3 Å². The lowest BCUT2D eigenvalue weighted by molar-refractivity contribution is -0.121. The summed E-state index contributed by atoms with van der Waals surface area (Å²) >= 11 is 5.37. The second-order valence-corrected chi connectivity index (χ2v) is 8.75. The van der Waals surface area contributed by atoms with Crippen molar-refractivity contribution in [2.24, 2.45) is 0 Å². The number of benzene rings is 4. The number of hydrogen-bond donors (Lipinski definition) is 2. The lowest BCUT2D eigenvalue weighted by atomic mass is 10.1. The molecule has 4 aromatic carbocycles. The van der Waals surface area contributed by atoms with Gasteiger partial charge in [0.25, 0.3) is 5.91 Å². The van der Waals surface area contributed by atoms with Crippen LogP contribution in [0.15, 0.2) is 78.9 Å². The molecule has 0 saturated heterocycles. The van der Waals surface area contributed by atoms with Crippen LogP contribution in [0.2, 0.25) is 0 Å². The average Bonchev–Trinajstić information content (AvgIpc) is 3.31. The Bertz CT molecular complexity index is 1590. The maximum Gasteiger partial charge on any atom is 0.264 e. The van der Waals surface area contributed by atoms with Gasteiger partial charge in [0.2, 0.25) is 0 Å². The number of nitrogens with zero attached hydrogens (tertiary/aromatic N) is 3. The number of carbonyl (C=O) groups is 1. The van der Waals surface area contributed by atoms with Gasteiger partial charge in [-0.15, -0.1) is 10.2 Å². The molecule has 0 spiro atoms. The molecule has 37 heavy (non-hydrogen) atoms. The van der Waals surface area contributed by atoms with Crippen LogP contribution >= 0.6 is 12.2 Å². The molecule has 0 aliphatic rings. The number of aryl methyl sites for hydroxylation is 1. The van der Waals surface area contributed by atoms with Crippen molar-refractivity contribution in [2.45, 2.75) is 13.8 Å². The molecule has 0 aliphatic heterocycles. The number of hydrogen-bond acceptors (Lipinski definition) is 6. The molecule has 0 bridgehead atoms. The fraction of sp³-hybridized carbons (Fsp3) is 0.143. The van der Waals surface area contributed by atoms with Crippen molar-refractivity contribution in [3.63, 3.8) is 0 Å². The van der Waals surface area contributed by atoms with Crippen molar-refractivity contribution in [3.8, 4) is 17.2 Å². The topological polar surface area (TPSA) is 90.3 Å². The van der Waals surface area contributed by atoms with Gasteiger partial charge in [-0.3, -0.25) is 10.1 Å². The number of ether oxygens (including phenoxy) is 2. The number of anilines is 1. The van der Waals surface area contributed by atoms with Crippen LogP contribution in [0, 0.1) is 6.92 Å². The summed E-state index contributed by atoms with van der Waals surface area (Å²) in [4.78, 5) is 14.1. The Morgan fingerprint density at radius 3 is 2.46 bits per heavy atom. The minimum absolute atomic E-state index is 0.162. The predicted molar refractivity (Wildman–Crippen MR) is 149 cm³/mol. The van der Waals surface area contributed by atoms with E-state index >= 15 is 0 Å². The van der Waals surface area contributed by atoms with Crippen LogP contribution in [0.5, 0.6) is 11.5 Å². The van der Waals surface area contributed by atoms with E-state index in [9.17, 15) is 4.79 Å². The fourth-order valence-corrected chi connectivity index (χ4v) is 4.17. The monoisotopic (exact) mass is 511 g/mol. The van der Waals surface area contributed by atoms with Crippen LogP contribution in [0.4, 0.5) is 5.69 Å². The third-order valence-electron chi connectivity index (χ3n) is 5.71. The van der Waals surface area contributed by atoms with Crippen LogP contribution in [0.25, 0.3) is 27.5 Å². The van der Waals surface area contributed by atoms with Gasteiger partial charge in [-0.05, 0) is 79.5 Å². The molecule has 9 heteroatoms. The predicted octanol–water partition coefficient (Wildman–Crippen LogP) is 5.17. The first-order valence-electron chi connectivity index (χ1n) is 11.8. The third kappa shape index (κ3) is 5.52. The molecule has 0 fully saturated rings.